The summed E-state index contributed by atoms with van der Waals surface area (Å²) >= 11 is 0. The number of carbonyl (C=O) groups is 2. The van der Waals surface area contributed by atoms with Gasteiger partial charge in [-0.15, -0.1) is 0 Å². The molecule has 0 bridgehead atoms. The van der Waals surface area contributed by atoms with E-state index in [-0.39, 0.29) is 18.8 Å². The number of hydrogen-bond donors (Lipinski definition) is 2. The highest BCUT2D eigenvalue weighted by atomic mass is 19.1. The van der Waals surface area contributed by atoms with Crippen LogP contribution in [0.5, 0.6) is 0 Å². The maximum absolute atomic E-state index is 13.2. The summed E-state index contributed by atoms with van der Waals surface area (Å²) in [7, 11) is 0. The lowest BCUT2D eigenvalue weighted by Crippen LogP contribution is -2.37. The van der Waals surface area contributed by atoms with Gasteiger partial charge in [-0.05, 0) is 56.0 Å². The van der Waals surface area contributed by atoms with Crippen molar-refractivity contribution in [3.05, 3.63) is 59.9 Å². The van der Waals surface area contributed by atoms with E-state index in [0.29, 0.717) is 0 Å². The first-order valence-electron chi connectivity index (χ1n) is 8.69. The van der Waals surface area contributed by atoms with Gasteiger partial charge in [-0.2, -0.15) is 0 Å². The van der Waals surface area contributed by atoms with Crippen LogP contribution in [-0.4, -0.2) is 29.3 Å². The Morgan fingerprint density at radius 1 is 1.11 bits per heavy atom. The molecule has 2 N–H and O–H groups in total. The second-order valence-electron chi connectivity index (χ2n) is 7.29. The van der Waals surface area contributed by atoms with Crippen LogP contribution in [0.15, 0.2) is 48.5 Å². The Bertz CT molecular complexity index is 797. The zero-order valence-electron chi connectivity index (χ0n) is 15.7. The molecule has 27 heavy (non-hydrogen) atoms. The first-order valence-corrected chi connectivity index (χ1v) is 8.69. The normalized spacial score (nSPS) is 12.3. The van der Waals surface area contributed by atoms with E-state index in [2.05, 4.69) is 5.32 Å². The third-order valence-electron chi connectivity index (χ3n) is 3.88. The minimum Gasteiger partial charge on any atom is -0.481 e. The third-order valence-corrected chi connectivity index (χ3v) is 3.88. The van der Waals surface area contributed by atoms with Gasteiger partial charge in [-0.1, -0.05) is 36.4 Å². The molecule has 0 spiro atoms. The molecule has 0 saturated heterocycles. The molecule has 0 heterocycles. The van der Waals surface area contributed by atoms with Crippen molar-refractivity contribution in [1.82, 2.24) is 5.32 Å². The van der Waals surface area contributed by atoms with E-state index in [1.54, 1.807) is 32.9 Å². The summed E-state index contributed by atoms with van der Waals surface area (Å²) in [5, 5.41) is 12.1. The number of rotatable bonds is 6. The second-order valence-corrected chi connectivity index (χ2v) is 7.29. The maximum Gasteiger partial charge on any atom is 0.407 e. The molecule has 6 heteroatoms. The lowest BCUT2D eigenvalue weighted by atomic mass is 9.92. The van der Waals surface area contributed by atoms with Gasteiger partial charge in [0.1, 0.15) is 11.4 Å². The highest BCUT2D eigenvalue weighted by Gasteiger charge is 2.22. The molecule has 0 aromatic heterocycles. The molecule has 2 aromatic carbocycles. The largest absolute Gasteiger partial charge is 0.481 e. The number of amides is 1. The molecule has 5 nitrogen and oxygen atoms in total. The number of aliphatic carboxylic acids is 1. The van der Waals surface area contributed by atoms with E-state index < -0.39 is 23.6 Å². The monoisotopic (exact) mass is 373 g/mol. The zero-order valence-corrected chi connectivity index (χ0v) is 15.7. The molecule has 0 aliphatic carbocycles. The SMILES string of the molecule is CC(C)(C)OC(=O)NC[C@@H](Cc1ccccc1-c1ccc(F)cc1)C(=O)O. The van der Waals surface area contributed by atoms with Gasteiger partial charge in [-0.25, -0.2) is 9.18 Å². The van der Waals surface area contributed by atoms with Crippen LogP contribution >= 0.6 is 0 Å². The summed E-state index contributed by atoms with van der Waals surface area (Å²) in [4.78, 5) is 23.4. The van der Waals surface area contributed by atoms with Crippen molar-refractivity contribution in [3.63, 3.8) is 0 Å². The first kappa shape index (κ1) is 20.4. The predicted molar refractivity (Wildman–Crippen MR) is 101 cm³/mol. The van der Waals surface area contributed by atoms with Crippen LogP contribution in [0.4, 0.5) is 9.18 Å². The Kier molecular flexibility index (Phi) is 6.55. The van der Waals surface area contributed by atoms with Gasteiger partial charge in [0, 0.05) is 6.54 Å². The fourth-order valence-electron chi connectivity index (χ4n) is 2.64. The van der Waals surface area contributed by atoms with Crippen LogP contribution in [0, 0.1) is 11.7 Å². The van der Waals surface area contributed by atoms with E-state index in [4.69, 9.17) is 4.74 Å². The van der Waals surface area contributed by atoms with Crippen LogP contribution in [-0.2, 0) is 16.0 Å². The van der Waals surface area contributed by atoms with Crippen molar-refractivity contribution in [3.8, 4) is 11.1 Å². The number of carbonyl (C=O) groups excluding carboxylic acids is 1. The number of ether oxygens (including phenoxy) is 1. The number of nitrogens with one attached hydrogen (secondary N) is 1. The van der Waals surface area contributed by atoms with Crippen molar-refractivity contribution in [2.45, 2.75) is 32.8 Å². The highest BCUT2D eigenvalue weighted by Crippen LogP contribution is 2.26. The minimum absolute atomic E-state index is 0.0536. The van der Waals surface area contributed by atoms with Gasteiger partial charge in [0.05, 0.1) is 5.92 Å². The fraction of sp³-hybridized carbons (Fsp3) is 0.333. The lowest BCUT2D eigenvalue weighted by Gasteiger charge is -2.21. The number of benzene rings is 2. The smallest absolute Gasteiger partial charge is 0.407 e. The van der Waals surface area contributed by atoms with Crippen molar-refractivity contribution in [2.75, 3.05) is 6.54 Å². The van der Waals surface area contributed by atoms with Crippen LogP contribution in [0.25, 0.3) is 11.1 Å². The molecule has 0 saturated carbocycles. The van der Waals surface area contributed by atoms with Crippen molar-refractivity contribution < 1.29 is 23.8 Å². The van der Waals surface area contributed by atoms with Crippen LogP contribution < -0.4 is 5.32 Å². The van der Waals surface area contributed by atoms with E-state index in [1.807, 2.05) is 24.3 Å². The molecule has 0 aliphatic rings. The molecule has 0 radical (unpaired) electrons. The molecule has 2 rings (SSSR count). The number of halogens is 1. The standard InChI is InChI=1S/C21H24FNO4/c1-21(2,3)27-20(26)23-13-16(19(24)25)12-15-6-4-5-7-18(15)14-8-10-17(22)11-9-14/h4-11,16H,12-13H2,1-3H3,(H,23,26)(H,24,25)/t16-/m1/s1. The summed E-state index contributed by atoms with van der Waals surface area (Å²) in [6.07, 6.45) is -0.431. The quantitative estimate of drug-likeness (QED) is 0.793. The second kappa shape index (κ2) is 8.66. The van der Waals surface area contributed by atoms with Gasteiger partial charge < -0.3 is 15.2 Å². The van der Waals surface area contributed by atoms with Crippen LogP contribution in [0.1, 0.15) is 26.3 Å². The van der Waals surface area contributed by atoms with Gasteiger partial charge in [-0.3, -0.25) is 4.79 Å². The lowest BCUT2D eigenvalue weighted by molar-refractivity contribution is -0.141. The molecule has 0 fully saturated rings. The highest BCUT2D eigenvalue weighted by molar-refractivity contribution is 5.74. The van der Waals surface area contributed by atoms with E-state index in [0.717, 1.165) is 16.7 Å². The first-order chi connectivity index (χ1) is 12.7. The predicted octanol–water partition coefficient (Wildman–Crippen LogP) is 4.26. The van der Waals surface area contributed by atoms with Crippen molar-refractivity contribution in [1.29, 1.82) is 0 Å². The molecule has 1 atom stereocenters. The minimum atomic E-state index is -1.01. The maximum atomic E-state index is 13.2. The van der Waals surface area contributed by atoms with E-state index in [9.17, 15) is 19.1 Å². The number of carboxylic acids is 1. The summed E-state index contributed by atoms with van der Waals surface area (Å²) < 4.78 is 18.3. The van der Waals surface area contributed by atoms with Gasteiger partial charge in [0.25, 0.3) is 0 Å². The summed E-state index contributed by atoms with van der Waals surface area (Å²) in [5.41, 5.74) is 1.79. The molecular weight excluding hydrogens is 349 g/mol. The molecule has 2 aromatic rings. The average molecular weight is 373 g/mol. The van der Waals surface area contributed by atoms with Gasteiger partial charge >= 0.3 is 12.1 Å². The third kappa shape index (κ3) is 6.40. The van der Waals surface area contributed by atoms with Crippen molar-refractivity contribution >= 4 is 12.1 Å². The van der Waals surface area contributed by atoms with Gasteiger partial charge in [0.15, 0.2) is 0 Å². The Hall–Kier alpha value is -2.89. The van der Waals surface area contributed by atoms with Crippen LogP contribution in [0.3, 0.4) is 0 Å². The molecular formula is C21H24FNO4. The Labute approximate surface area is 158 Å². The van der Waals surface area contributed by atoms with E-state index >= 15 is 0 Å². The molecule has 0 unspecified atom stereocenters. The average Bonchev–Trinajstić information content (AvgIpc) is 2.58. The Balaban J connectivity index is 2.14. The summed E-state index contributed by atoms with van der Waals surface area (Å²) in [6, 6.07) is 13.4. The number of alkyl carbamates (subject to hydrolysis) is 1. The van der Waals surface area contributed by atoms with E-state index in [1.165, 1.54) is 12.1 Å². The Morgan fingerprint density at radius 3 is 2.33 bits per heavy atom. The number of carboxylic acid groups (broad SMARTS) is 1. The molecule has 1 amide bonds. The summed E-state index contributed by atoms with van der Waals surface area (Å²) in [6.45, 7) is 5.16. The van der Waals surface area contributed by atoms with Crippen LogP contribution in [0.2, 0.25) is 0 Å². The van der Waals surface area contributed by atoms with Crippen molar-refractivity contribution in [2.24, 2.45) is 5.92 Å². The van der Waals surface area contributed by atoms with Gasteiger partial charge in [0.2, 0.25) is 0 Å². The summed E-state index contributed by atoms with van der Waals surface area (Å²) in [5.74, 6) is -2.17. The Morgan fingerprint density at radius 2 is 1.74 bits per heavy atom. The molecule has 0 aliphatic heterocycles. The molecule has 144 valence electrons. The fourth-order valence-corrected chi connectivity index (χ4v) is 2.64. The topological polar surface area (TPSA) is 75.6 Å². The zero-order chi connectivity index (χ0) is 20.0. The number of hydrogen-bond acceptors (Lipinski definition) is 3.